The lowest BCUT2D eigenvalue weighted by molar-refractivity contribution is -0.122. The van der Waals surface area contributed by atoms with Crippen molar-refractivity contribution in [3.63, 3.8) is 0 Å². The molecular formula is C13H19N3O3. The highest BCUT2D eigenvalue weighted by Gasteiger charge is 2.23. The summed E-state index contributed by atoms with van der Waals surface area (Å²) in [5.74, 6) is -0.872. The van der Waals surface area contributed by atoms with Gasteiger partial charge in [-0.1, -0.05) is 0 Å². The Morgan fingerprint density at radius 1 is 1.42 bits per heavy atom. The van der Waals surface area contributed by atoms with Gasteiger partial charge in [0.1, 0.15) is 5.69 Å². The van der Waals surface area contributed by atoms with Crippen LogP contribution in [-0.2, 0) is 4.79 Å². The highest BCUT2D eigenvalue weighted by atomic mass is 16.4. The first-order valence-corrected chi connectivity index (χ1v) is 6.45. The summed E-state index contributed by atoms with van der Waals surface area (Å²) in [5, 5.41) is 11.7. The molecule has 0 atom stereocenters. The molecule has 6 heteroatoms. The molecule has 0 radical (unpaired) electrons. The average Bonchev–Trinajstić information content (AvgIpc) is 2.89. The Morgan fingerprint density at radius 3 is 2.68 bits per heavy atom. The average molecular weight is 265 g/mol. The van der Waals surface area contributed by atoms with Crippen molar-refractivity contribution in [1.29, 1.82) is 0 Å². The van der Waals surface area contributed by atoms with E-state index in [0.29, 0.717) is 12.2 Å². The van der Waals surface area contributed by atoms with E-state index in [1.807, 2.05) is 10.8 Å². The van der Waals surface area contributed by atoms with Crippen molar-refractivity contribution in [3.8, 4) is 0 Å². The minimum Gasteiger partial charge on any atom is -0.477 e. The summed E-state index contributed by atoms with van der Waals surface area (Å²) in [5.41, 5.74) is 0.338. The lowest BCUT2D eigenvalue weighted by atomic mass is 10.0. The topological polar surface area (TPSA) is 74.6 Å². The summed E-state index contributed by atoms with van der Waals surface area (Å²) in [6.07, 6.45) is 3.56. The molecule has 0 spiro atoms. The van der Waals surface area contributed by atoms with Crippen molar-refractivity contribution < 1.29 is 14.7 Å². The first kappa shape index (κ1) is 13.6. The molecule has 2 heterocycles. The maximum atomic E-state index is 11.3. The van der Waals surface area contributed by atoms with Crippen LogP contribution in [0.1, 0.15) is 29.4 Å². The number of rotatable bonds is 4. The van der Waals surface area contributed by atoms with Crippen molar-refractivity contribution in [2.45, 2.75) is 18.9 Å². The molecule has 1 aromatic rings. The van der Waals surface area contributed by atoms with Gasteiger partial charge in [-0.3, -0.25) is 9.69 Å². The molecule has 0 aliphatic carbocycles. The number of carbonyl (C=O) groups is 2. The van der Waals surface area contributed by atoms with Gasteiger partial charge in [0.15, 0.2) is 0 Å². The third-order valence-electron chi connectivity index (χ3n) is 3.59. The van der Waals surface area contributed by atoms with E-state index in [9.17, 15) is 9.59 Å². The third kappa shape index (κ3) is 3.14. The van der Waals surface area contributed by atoms with Gasteiger partial charge in [-0.2, -0.15) is 0 Å². The maximum Gasteiger partial charge on any atom is 0.352 e. The largest absolute Gasteiger partial charge is 0.477 e. The van der Waals surface area contributed by atoms with Crippen LogP contribution >= 0.6 is 0 Å². The quantitative estimate of drug-likeness (QED) is 0.834. The van der Waals surface area contributed by atoms with Crippen molar-refractivity contribution in [1.82, 2.24) is 14.8 Å². The van der Waals surface area contributed by atoms with Crippen LogP contribution in [0.5, 0.6) is 0 Å². The Balaban J connectivity index is 1.94. The molecule has 1 aromatic heterocycles. The third-order valence-corrected chi connectivity index (χ3v) is 3.59. The van der Waals surface area contributed by atoms with E-state index in [2.05, 4.69) is 10.2 Å². The van der Waals surface area contributed by atoms with Crippen LogP contribution in [0.15, 0.2) is 18.3 Å². The highest BCUT2D eigenvalue weighted by Crippen LogP contribution is 2.24. The van der Waals surface area contributed by atoms with Crippen molar-refractivity contribution in [2.24, 2.45) is 0 Å². The Morgan fingerprint density at radius 2 is 2.11 bits per heavy atom. The number of nitrogens with one attached hydrogen (secondary N) is 1. The molecule has 1 aliphatic rings. The zero-order valence-electron chi connectivity index (χ0n) is 11.0. The first-order valence-electron chi connectivity index (χ1n) is 6.45. The van der Waals surface area contributed by atoms with E-state index in [-0.39, 0.29) is 11.9 Å². The first-order chi connectivity index (χ1) is 9.11. The SMILES string of the molecule is CNC(=O)CN1CCC(n2cccc2C(=O)O)CC1. The van der Waals surface area contributed by atoms with Crippen molar-refractivity contribution in [2.75, 3.05) is 26.7 Å². The Kier molecular flexibility index (Phi) is 4.21. The molecule has 2 N–H and O–H groups in total. The summed E-state index contributed by atoms with van der Waals surface area (Å²) in [6.45, 7) is 2.05. The van der Waals surface area contributed by atoms with E-state index in [1.165, 1.54) is 0 Å². The molecular weight excluding hydrogens is 246 g/mol. The number of nitrogens with zero attached hydrogens (tertiary/aromatic N) is 2. The zero-order chi connectivity index (χ0) is 13.8. The molecule has 2 rings (SSSR count). The van der Waals surface area contributed by atoms with E-state index in [1.54, 1.807) is 19.2 Å². The smallest absolute Gasteiger partial charge is 0.352 e. The number of piperidine rings is 1. The van der Waals surface area contributed by atoms with Crippen LogP contribution in [0.4, 0.5) is 0 Å². The maximum absolute atomic E-state index is 11.3. The lowest BCUT2D eigenvalue weighted by Gasteiger charge is -2.32. The van der Waals surface area contributed by atoms with Crippen molar-refractivity contribution >= 4 is 11.9 Å². The molecule has 0 aromatic carbocycles. The highest BCUT2D eigenvalue weighted by molar-refractivity contribution is 5.85. The predicted molar refractivity (Wildman–Crippen MR) is 70.2 cm³/mol. The molecule has 0 bridgehead atoms. The van der Waals surface area contributed by atoms with Crippen LogP contribution in [0.25, 0.3) is 0 Å². The fraction of sp³-hybridized carbons (Fsp3) is 0.538. The number of carboxylic acids is 1. The second-order valence-corrected chi connectivity index (χ2v) is 4.79. The van der Waals surface area contributed by atoms with E-state index in [4.69, 9.17) is 5.11 Å². The van der Waals surface area contributed by atoms with Gasteiger partial charge >= 0.3 is 5.97 Å². The Labute approximate surface area is 112 Å². The summed E-state index contributed by atoms with van der Waals surface area (Å²) >= 11 is 0. The van der Waals surface area contributed by atoms with Crippen LogP contribution in [0, 0.1) is 0 Å². The molecule has 0 unspecified atom stereocenters. The van der Waals surface area contributed by atoms with Gasteiger partial charge in [-0.25, -0.2) is 4.79 Å². The molecule has 6 nitrogen and oxygen atoms in total. The predicted octanol–water partition coefficient (Wildman–Crippen LogP) is 0.569. The molecule has 1 aliphatic heterocycles. The fourth-order valence-corrected chi connectivity index (χ4v) is 2.53. The molecule has 1 fully saturated rings. The van der Waals surface area contributed by atoms with Gasteiger partial charge in [-0.15, -0.1) is 0 Å². The number of likely N-dealkylation sites (N-methyl/N-ethyl adjacent to an activating group) is 1. The summed E-state index contributed by atoms with van der Waals surface area (Å²) in [7, 11) is 1.63. The molecule has 19 heavy (non-hydrogen) atoms. The number of aromatic nitrogens is 1. The van der Waals surface area contributed by atoms with Crippen LogP contribution in [-0.4, -0.2) is 53.1 Å². The number of carbonyl (C=O) groups excluding carboxylic acids is 1. The van der Waals surface area contributed by atoms with Gasteiger partial charge in [0.05, 0.1) is 6.54 Å². The van der Waals surface area contributed by atoms with Crippen LogP contribution in [0.3, 0.4) is 0 Å². The minimum absolute atomic E-state index is 0.0191. The van der Waals surface area contributed by atoms with Gasteiger partial charge in [0.2, 0.25) is 5.91 Å². The summed E-state index contributed by atoms with van der Waals surface area (Å²) in [6, 6.07) is 3.60. The van der Waals surface area contributed by atoms with Crippen LogP contribution in [0.2, 0.25) is 0 Å². The lowest BCUT2D eigenvalue weighted by Crippen LogP contribution is -2.41. The second kappa shape index (κ2) is 5.88. The van der Waals surface area contributed by atoms with Crippen molar-refractivity contribution in [3.05, 3.63) is 24.0 Å². The fourth-order valence-electron chi connectivity index (χ4n) is 2.53. The number of likely N-dealkylation sites (tertiary alicyclic amines) is 1. The van der Waals surface area contributed by atoms with Crippen LogP contribution < -0.4 is 5.32 Å². The number of aromatic carboxylic acids is 1. The Hall–Kier alpha value is -1.82. The number of carboxylic acid groups (broad SMARTS) is 1. The second-order valence-electron chi connectivity index (χ2n) is 4.79. The monoisotopic (exact) mass is 265 g/mol. The van der Waals surface area contributed by atoms with Gasteiger partial charge in [0, 0.05) is 32.4 Å². The van der Waals surface area contributed by atoms with Gasteiger partial charge in [-0.05, 0) is 25.0 Å². The standard InChI is InChI=1S/C13H19N3O3/c1-14-12(17)9-15-7-4-10(5-8-15)16-6-2-3-11(16)13(18)19/h2-3,6,10H,4-5,7-9H2,1H3,(H,14,17)(H,18,19). The van der Waals surface area contributed by atoms with Gasteiger partial charge < -0.3 is 15.0 Å². The molecule has 0 saturated carbocycles. The molecule has 1 amide bonds. The molecule has 1 saturated heterocycles. The van der Waals surface area contributed by atoms with E-state index in [0.717, 1.165) is 25.9 Å². The zero-order valence-corrected chi connectivity index (χ0v) is 11.0. The van der Waals surface area contributed by atoms with Gasteiger partial charge in [0.25, 0.3) is 0 Å². The number of amides is 1. The summed E-state index contributed by atoms with van der Waals surface area (Å²) in [4.78, 5) is 24.5. The van der Waals surface area contributed by atoms with E-state index < -0.39 is 5.97 Å². The van der Waals surface area contributed by atoms with E-state index >= 15 is 0 Å². The minimum atomic E-state index is -0.891. The number of hydrogen-bond acceptors (Lipinski definition) is 3. The Bertz CT molecular complexity index is 461. The molecule has 104 valence electrons. The summed E-state index contributed by atoms with van der Waals surface area (Å²) < 4.78 is 1.83. The number of hydrogen-bond donors (Lipinski definition) is 2. The normalized spacial score (nSPS) is 17.3.